The molecule has 4 rings (SSSR count). The van der Waals surface area contributed by atoms with Crippen molar-refractivity contribution in [1.82, 2.24) is 24.6 Å². The SMILES string of the molecule is COc1ccc(C(=O)N2CCN(C(=O)c3cnn4c3CCCC4)CC2)cn1. The molecule has 0 spiro atoms. The van der Waals surface area contributed by atoms with Crippen LogP contribution in [0.1, 0.15) is 39.3 Å². The van der Waals surface area contributed by atoms with Gasteiger partial charge < -0.3 is 14.5 Å². The molecule has 0 unspecified atom stereocenters. The summed E-state index contributed by atoms with van der Waals surface area (Å²) in [6.45, 7) is 2.97. The number of nitrogens with zero attached hydrogens (tertiary/aromatic N) is 5. The zero-order valence-corrected chi connectivity index (χ0v) is 15.4. The number of carbonyl (C=O) groups excluding carboxylic acids is 2. The van der Waals surface area contributed by atoms with Gasteiger partial charge in [-0.25, -0.2) is 4.98 Å². The first-order chi connectivity index (χ1) is 13.2. The average molecular weight is 369 g/mol. The van der Waals surface area contributed by atoms with Crippen molar-refractivity contribution in [2.75, 3.05) is 33.3 Å². The van der Waals surface area contributed by atoms with Crippen molar-refractivity contribution >= 4 is 11.8 Å². The van der Waals surface area contributed by atoms with Crippen LogP contribution >= 0.6 is 0 Å². The highest BCUT2D eigenvalue weighted by molar-refractivity contribution is 5.96. The summed E-state index contributed by atoms with van der Waals surface area (Å²) in [7, 11) is 1.54. The van der Waals surface area contributed by atoms with Crippen molar-refractivity contribution in [3.63, 3.8) is 0 Å². The molecule has 0 N–H and O–H groups in total. The lowest BCUT2D eigenvalue weighted by molar-refractivity contribution is 0.0534. The Morgan fingerprint density at radius 2 is 1.70 bits per heavy atom. The third-order valence-electron chi connectivity index (χ3n) is 5.26. The summed E-state index contributed by atoms with van der Waals surface area (Å²) < 4.78 is 6.97. The number of ether oxygens (including phenoxy) is 1. The number of rotatable bonds is 3. The maximum atomic E-state index is 12.9. The summed E-state index contributed by atoms with van der Waals surface area (Å²) in [4.78, 5) is 33.2. The van der Waals surface area contributed by atoms with Gasteiger partial charge in [-0.3, -0.25) is 14.3 Å². The van der Waals surface area contributed by atoms with Crippen LogP contribution in [0.2, 0.25) is 0 Å². The monoisotopic (exact) mass is 369 g/mol. The molecule has 2 aromatic rings. The van der Waals surface area contributed by atoms with E-state index >= 15 is 0 Å². The zero-order valence-electron chi connectivity index (χ0n) is 15.4. The van der Waals surface area contributed by atoms with Gasteiger partial charge in [0.15, 0.2) is 0 Å². The fraction of sp³-hybridized carbons (Fsp3) is 0.474. The van der Waals surface area contributed by atoms with E-state index in [9.17, 15) is 9.59 Å². The summed E-state index contributed by atoms with van der Waals surface area (Å²) in [5, 5.41) is 4.36. The van der Waals surface area contributed by atoms with E-state index in [0.717, 1.165) is 31.5 Å². The predicted octanol–water partition coefficient (Wildman–Crippen LogP) is 1.22. The highest BCUT2D eigenvalue weighted by Gasteiger charge is 2.28. The molecule has 2 aromatic heterocycles. The van der Waals surface area contributed by atoms with Gasteiger partial charge in [0.05, 0.1) is 30.1 Å². The molecule has 2 aliphatic rings. The lowest BCUT2D eigenvalue weighted by atomic mass is 10.1. The fourth-order valence-corrected chi connectivity index (χ4v) is 3.69. The first kappa shape index (κ1) is 17.5. The molecule has 2 aliphatic heterocycles. The number of aryl methyl sites for hydroxylation is 1. The van der Waals surface area contributed by atoms with E-state index in [1.807, 2.05) is 9.58 Å². The second kappa shape index (κ2) is 7.38. The van der Waals surface area contributed by atoms with Gasteiger partial charge in [-0.2, -0.15) is 5.10 Å². The Morgan fingerprint density at radius 3 is 2.37 bits per heavy atom. The van der Waals surface area contributed by atoms with E-state index < -0.39 is 0 Å². The molecular weight excluding hydrogens is 346 g/mol. The molecule has 2 amide bonds. The molecule has 0 aromatic carbocycles. The number of pyridine rings is 1. The number of hydrogen-bond acceptors (Lipinski definition) is 5. The first-order valence-corrected chi connectivity index (χ1v) is 9.30. The highest BCUT2D eigenvalue weighted by atomic mass is 16.5. The Hall–Kier alpha value is -2.90. The zero-order chi connectivity index (χ0) is 18.8. The van der Waals surface area contributed by atoms with E-state index in [-0.39, 0.29) is 11.8 Å². The number of carbonyl (C=O) groups is 2. The minimum Gasteiger partial charge on any atom is -0.481 e. The quantitative estimate of drug-likeness (QED) is 0.813. The van der Waals surface area contributed by atoms with Crippen molar-refractivity contribution in [2.45, 2.75) is 25.8 Å². The molecule has 27 heavy (non-hydrogen) atoms. The molecule has 8 nitrogen and oxygen atoms in total. The van der Waals surface area contributed by atoms with E-state index in [2.05, 4.69) is 10.1 Å². The van der Waals surface area contributed by atoms with E-state index in [0.29, 0.717) is 43.2 Å². The van der Waals surface area contributed by atoms with E-state index in [4.69, 9.17) is 4.74 Å². The Kier molecular flexibility index (Phi) is 4.79. The van der Waals surface area contributed by atoms with E-state index in [1.165, 1.54) is 13.3 Å². The molecule has 0 aliphatic carbocycles. The normalized spacial score (nSPS) is 16.8. The Morgan fingerprint density at radius 1 is 0.963 bits per heavy atom. The van der Waals surface area contributed by atoms with Crippen LogP contribution in [0.4, 0.5) is 0 Å². The minimum atomic E-state index is -0.0693. The Balaban J connectivity index is 1.39. The lowest BCUT2D eigenvalue weighted by Crippen LogP contribution is -2.50. The second-order valence-electron chi connectivity index (χ2n) is 6.86. The standard InChI is InChI=1S/C19H23N5O3/c1-27-17-6-5-14(12-20-17)18(25)22-8-10-23(11-9-22)19(26)15-13-21-24-7-3-2-4-16(15)24/h5-6,12-13H,2-4,7-11H2,1H3. The molecule has 4 heterocycles. The second-order valence-corrected chi connectivity index (χ2v) is 6.86. The van der Waals surface area contributed by atoms with Crippen molar-refractivity contribution in [3.8, 4) is 5.88 Å². The van der Waals surface area contributed by atoms with Crippen LogP contribution in [0, 0.1) is 0 Å². The predicted molar refractivity (Wildman–Crippen MR) is 97.8 cm³/mol. The summed E-state index contributed by atoms with van der Waals surface area (Å²) in [6, 6.07) is 3.39. The van der Waals surface area contributed by atoms with Gasteiger partial charge in [0.1, 0.15) is 0 Å². The summed E-state index contributed by atoms with van der Waals surface area (Å²) in [6.07, 6.45) is 6.35. The van der Waals surface area contributed by atoms with Crippen molar-refractivity contribution in [1.29, 1.82) is 0 Å². The maximum Gasteiger partial charge on any atom is 0.257 e. The average Bonchev–Trinajstić information content (AvgIpc) is 3.17. The third kappa shape index (κ3) is 3.39. The molecule has 1 saturated heterocycles. The fourth-order valence-electron chi connectivity index (χ4n) is 3.69. The van der Waals surface area contributed by atoms with E-state index in [1.54, 1.807) is 23.2 Å². The van der Waals surface area contributed by atoms with Gasteiger partial charge in [0, 0.05) is 45.0 Å². The van der Waals surface area contributed by atoms with Gasteiger partial charge in [0.2, 0.25) is 5.88 Å². The van der Waals surface area contributed by atoms with Gasteiger partial charge in [-0.15, -0.1) is 0 Å². The molecule has 1 fully saturated rings. The van der Waals surface area contributed by atoms with Crippen LogP contribution in [-0.4, -0.2) is 69.7 Å². The van der Waals surface area contributed by atoms with Crippen LogP contribution in [0.25, 0.3) is 0 Å². The molecule has 142 valence electrons. The minimum absolute atomic E-state index is 0.0244. The summed E-state index contributed by atoms with van der Waals surface area (Å²) >= 11 is 0. The van der Waals surface area contributed by atoms with Crippen LogP contribution in [0.3, 0.4) is 0 Å². The van der Waals surface area contributed by atoms with Gasteiger partial charge in [-0.1, -0.05) is 0 Å². The van der Waals surface area contributed by atoms with Gasteiger partial charge >= 0.3 is 0 Å². The lowest BCUT2D eigenvalue weighted by Gasteiger charge is -2.34. The third-order valence-corrected chi connectivity index (χ3v) is 5.26. The summed E-state index contributed by atoms with van der Waals surface area (Å²) in [5.74, 6) is 0.433. The molecule has 0 atom stereocenters. The first-order valence-electron chi connectivity index (χ1n) is 9.30. The molecule has 8 heteroatoms. The molecule has 0 saturated carbocycles. The molecule has 0 bridgehead atoms. The van der Waals surface area contributed by atoms with Crippen molar-refractivity contribution in [3.05, 3.63) is 41.3 Å². The van der Waals surface area contributed by atoms with Crippen LogP contribution in [-0.2, 0) is 13.0 Å². The Bertz CT molecular complexity index is 838. The number of fused-ring (bicyclic) bond motifs is 1. The van der Waals surface area contributed by atoms with Gasteiger partial charge in [0.25, 0.3) is 11.8 Å². The number of methoxy groups -OCH3 is 1. The molecule has 0 radical (unpaired) electrons. The largest absolute Gasteiger partial charge is 0.481 e. The smallest absolute Gasteiger partial charge is 0.257 e. The van der Waals surface area contributed by atoms with Gasteiger partial charge in [-0.05, 0) is 25.3 Å². The molecular formula is C19H23N5O3. The van der Waals surface area contributed by atoms with Crippen LogP contribution < -0.4 is 4.74 Å². The van der Waals surface area contributed by atoms with Crippen LogP contribution in [0.15, 0.2) is 24.5 Å². The number of hydrogen-bond donors (Lipinski definition) is 0. The number of amides is 2. The van der Waals surface area contributed by atoms with Crippen LogP contribution in [0.5, 0.6) is 5.88 Å². The van der Waals surface area contributed by atoms with Crippen molar-refractivity contribution < 1.29 is 14.3 Å². The number of aromatic nitrogens is 3. The number of piperazine rings is 1. The maximum absolute atomic E-state index is 12.9. The Labute approximate surface area is 157 Å². The van der Waals surface area contributed by atoms with Crippen molar-refractivity contribution in [2.24, 2.45) is 0 Å². The summed E-state index contributed by atoms with van der Waals surface area (Å²) in [5.41, 5.74) is 2.30. The highest BCUT2D eigenvalue weighted by Crippen LogP contribution is 2.20. The topological polar surface area (TPSA) is 80.6 Å².